The summed E-state index contributed by atoms with van der Waals surface area (Å²) in [7, 11) is 0. The van der Waals surface area contributed by atoms with Crippen molar-refractivity contribution in [1.29, 1.82) is 0 Å². The van der Waals surface area contributed by atoms with Crippen LogP contribution in [-0.4, -0.2) is 11.9 Å². The molecule has 1 aromatic heterocycles. The lowest BCUT2D eigenvalue weighted by molar-refractivity contribution is 0.310. The molecule has 0 bridgehead atoms. The third kappa shape index (κ3) is 2.61. The van der Waals surface area contributed by atoms with E-state index in [-0.39, 0.29) is 0 Å². The van der Waals surface area contributed by atoms with E-state index in [9.17, 15) is 0 Å². The highest BCUT2D eigenvalue weighted by molar-refractivity contribution is 9.09. The predicted molar refractivity (Wildman–Crippen MR) is 82.2 cm³/mol. The number of hydrogen-bond acceptors (Lipinski definition) is 2. The Balaban J connectivity index is 1.89. The van der Waals surface area contributed by atoms with E-state index in [4.69, 9.17) is 9.15 Å². The van der Waals surface area contributed by atoms with Gasteiger partial charge in [0.2, 0.25) is 0 Å². The van der Waals surface area contributed by atoms with Crippen LogP contribution in [0.1, 0.15) is 12.8 Å². The molecule has 0 saturated carbocycles. The second-order valence-electron chi connectivity index (χ2n) is 4.50. The monoisotopic (exact) mass is 318 g/mol. The molecule has 0 fully saturated rings. The van der Waals surface area contributed by atoms with Crippen LogP contribution in [0.3, 0.4) is 0 Å². The average Bonchev–Trinajstić information content (AvgIpc) is 2.82. The maximum atomic E-state index is 5.79. The highest BCUT2D eigenvalue weighted by atomic mass is 79.9. The number of unbranched alkanes of at least 4 members (excludes halogenated alkanes) is 1. The highest BCUT2D eigenvalue weighted by Gasteiger charge is 2.07. The lowest BCUT2D eigenvalue weighted by atomic mass is 10.1. The van der Waals surface area contributed by atoms with Gasteiger partial charge in [-0.05, 0) is 37.1 Å². The van der Waals surface area contributed by atoms with Gasteiger partial charge in [0.25, 0.3) is 0 Å². The number of ether oxygens (including phenoxy) is 1. The minimum atomic E-state index is 0.757. The van der Waals surface area contributed by atoms with E-state index in [0.717, 1.165) is 52.5 Å². The van der Waals surface area contributed by atoms with Gasteiger partial charge in [-0.25, -0.2) is 0 Å². The third-order valence-electron chi connectivity index (χ3n) is 3.14. The number of halogens is 1. The van der Waals surface area contributed by atoms with Crippen molar-refractivity contribution in [3.8, 4) is 5.75 Å². The fourth-order valence-electron chi connectivity index (χ4n) is 2.18. The van der Waals surface area contributed by atoms with Gasteiger partial charge in [-0.15, -0.1) is 0 Å². The zero-order valence-electron chi connectivity index (χ0n) is 10.6. The van der Waals surface area contributed by atoms with Gasteiger partial charge < -0.3 is 9.15 Å². The minimum absolute atomic E-state index is 0.757. The number of furan rings is 1. The largest absolute Gasteiger partial charge is 0.494 e. The molecular weight excluding hydrogens is 304 g/mol. The van der Waals surface area contributed by atoms with Gasteiger partial charge in [-0.1, -0.05) is 34.1 Å². The fourth-order valence-corrected chi connectivity index (χ4v) is 2.58. The van der Waals surface area contributed by atoms with Crippen molar-refractivity contribution in [2.75, 3.05) is 11.9 Å². The number of alkyl halides is 1. The molecule has 3 aromatic rings. The van der Waals surface area contributed by atoms with Crippen LogP contribution in [0.15, 0.2) is 46.9 Å². The van der Waals surface area contributed by atoms with E-state index in [1.807, 2.05) is 30.3 Å². The summed E-state index contributed by atoms with van der Waals surface area (Å²) in [6.45, 7) is 0.757. The Morgan fingerprint density at radius 1 is 0.947 bits per heavy atom. The van der Waals surface area contributed by atoms with Crippen LogP contribution >= 0.6 is 15.9 Å². The summed E-state index contributed by atoms with van der Waals surface area (Å²) >= 11 is 3.42. The van der Waals surface area contributed by atoms with Crippen molar-refractivity contribution in [3.05, 3.63) is 42.5 Å². The third-order valence-corrected chi connectivity index (χ3v) is 3.71. The molecule has 3 rings (SSSR count). The number of benzene rings is 2. The van der Waals surface area contributed by atoms with Crippen LogP contribution in [0.25, 0.3) is 21.9 Å². The Morgan fingerprint density at radius 3 is 2.68 bits per heavy atom. The number of fused-ring (bicyclic) bond motifs is 3. The summed E-state index contributed by atoms with van der Waals surface area (Å²) < 4.78 is 11.6. The minimum Gasteiger partial charge on any atom is -0.494 e. The van der Waals surface area contributed by atoms with E-state index in [1.54, 1.807) is 0 Å². The Bertz CT molecular complexity index is 687. The van der Waals surface area contributed by atoms with Crippen molar-refractivity contribution in [1.82, 2.24) is 0 Å². The molecule has 98 valence electrons. The first-order valence-corrected chi connectivity index (χ1v) is 7.61. The molecule has 1 heterocycles. The second kappa shape index (κ2) is 5.66. The summed E-state index contributed by atoms with van der Waals surface area (Å²) in [5.74, 6) is 0.911. The molecule has 2 aromatic carbocycles. The van der Waals surface area contributed by atoms with E-state index in [2.05, 4.69) is 28.1 Å². The van der Waals surface area contributed by atoms with E-state index in [1.165, 1.54) is 0 Å². The molecule has 19 heavy (non-hydrogen) atoms. The Hall–Kier alpha value is -1.48. The Morgan fingerprint density at radius 2 is 1.79 bits per heavy atom. The molecule has 0 atom stereocenters. The first-order valence-electron chi connectivity index (χ1n) is 6.48. The summed E-state index contributed by atoms with van der Waals surface area (Å²) in [6, 6.07) is 14.1. The topological polar surface area (TPSA) is 22.4 Å². The lowest BCUT2D eigenvalue weighted by Gasteiger charge is -2.05. The van der Waals surface area contributed by atoms with Gasteiger partial charge in [0.05, 0.1) is 6.61 Å². The van der Waals surface area contributed by atoms with Crippen LogP contribution in [0.5, 0.6) is 5.75 Å². The summed E-state index contributed by atoms with van der Waals surface area (Å²) in [5, 5.41) is 3.29. The molecule has 0 amide bonds. The van der Waals surface area contributed by atoms with Crippen LogP contribution in [0.4, 0.5) is 0 Å². The quantitative estimate of drug-likeness (QED) is 0.480. The van der Waals surface area contributed by atoms with Crippen LogP contribution in [0, 0.1) is 0 Å². The van der Waals surface area contributed by atoms with Crippen LogP contribution in [-0.2, 0) is 0 Å². The zero-order valence-corrected chi connectivity index (χ0v) is 12.2. The Kier molecular flexibility index (Phi) is 3.74. The molecule has 2 nitrogen and oxygen atoms in total. The smallest absolute Gasteiger partial charge is 0.135 e. The highest BCUT2D eigenvalue weighted by Crippen LogP contribution is 2.31. The standard InChI is InChI=1S/C16H15BrO2/c17-9-3-4-10-18-12-7-8-16-14(11-12)13-5-1-2-6-15(13)19-16/h1-2,5-8,11H,3-4,9-10H2. The van der Waals surface area contributed by atoms with Gasteiger partial charge in [0, 0.05) is 16.1 Å². The zero-order chi connectivity index (χ0) is 13.1. The van der Waals surface area contributed by atoms with Crippen LogP contribution in [0.2, 0.25) is 0 Å². The van der Waals surface area contributed by atoms with Crippen LogP contribution < -0.4 is 4.74 Å². The first kappa shape index (κ1) is 12.5. The van der Waals surface area contributed by atoms with Crippen molar-refractivity contribution < 1.29 is 9.15 Å². The number of rotatable bonds is 5. The maximum Gasteiger partial charge on any atom is 0.135 e. The SMILES string of the molecule is BrCCCCOc1ccc2oc3ccccc3c2c1. The number of para-hydroxylation sites is 1. The van der Waals surface area contributed by atoms with Crippen molar-refractivity contribution in [3.63, 3.8) is 0 Å². The maximum absolute atomic E-state index is 5.79. The van der Waals surface area contributed by atoms with E-state index in [0.29, 0.717) is 0 Å². The van der Waals surface area contributed by atoms with E-state index >= 15 is 0 Å². The molecule has 0 aliphatic rings. The van der Waals surface area contributed by atoms with Gasteiger partial charge in [0.1, 0.15) is 16.9 Å². The number of hydrogen-bond donors (Lipinski definition) is 0. The first-order chi connectivity index (χ1) is 9.38. The molecule has 0 aliphatic heterocycles. The second-order valence-corrected chi connectivity index (χ2v) is 5.29. The molecule has 0 unspecified atom stereocenters. The fraction of sp³-hybridized carbons (Fsp3) is 0.250. The van der Waals surface area contributed by atoms with Gasteiger partial charge in [0.15, 0.2) is 0 Å². The van der Waals surface area contributed by atoms with Crippen molar-refractivity contribution >= 4 is 37.9 Å². The van der Waals surface area contributed by atoms with Crippen molar-refractivity contribution in [2.24, 2.45) is 0 Å². The van der Waals surface area contributed by atoms with Gasteiger partial charge >= 0.3 is 0 Å². The molecule has 0 radical (unpaired) electrons. The summed E-state index contributed by atoms with van der Waals surface area (Å²) in [5.41, 5.74) is 1.84. The van der Waals surface area contributed by atoms with E-state index < -0.39 is 0 Å². The molecule has 0 spiro atoms. The predicted octanol–water partition coefficient (Wildman–Crippen LogP) is 5.14. The molecule has 0 aliphatic carbocycles. The molecule has 0 N–H and O–H groups in total. The van der Waals surface area contributed by atoms with Gasteiger partial charge in [-0.3, -0.25) is 0 Å². The van der Waals surface area contributed by atoms with Crippen molar-refractivity contribution in [2.45, 2.75) is 12.8 Å². The summed E-state index contributed by atoms with van der Waals surface area (Å²) in [6.07, 6.45) is 2.20. The average molecular weight is 319 g/mol. The molecule has 0 saturated heterocycles. The lowest BCUT2D eigenvalue weighted by Crippen LogP contribution is -1.97. The molecule has 3 heteroatoms. The Labute approximate surface area is 120 Å². The van der Waals surface area contributed by atoms with Gasteiger partial charge in [-0.2, -0.15) is 0 Å². The molecular formula is C16H15BrO2. The summed E-state index contributed by atoms with van der Waals surface area (Å²) in [4.78, 5) is 0. The normalized spacial score (nSPS) is 11.2.